The van der Waals surface area contributed by atoms with Crippen LogP contribution >= 0.6 is 7.82 Å². The van der Waals surface area contributed by atoms with E-state index >= 15 is 0 Å². The van der Waals surface area contributed by atoms with Crippen LogP contribution in [0.5, 0.6) is 23.0 Å². The number of phosphoric ester groups is 1. The molecule has 120 valence electrons. The number of fused-ring (bicyclic) bond motifs is 1. The summed E-state index contributed by atoms with van der Waals surface area (Å²) in [6.07, 6.45) is 0. The highest BCUT2D eigenvalue weighted by atomic mass is 31.2. The smallest absolute Gasteiger partial charge is 0.481 e. The number of nitrogens with one attached hydrogen (secondary N) is 1. The van der Waals surface area contributed by atoms with Gasteiger partial charge in [-0.3, -0.25) is 14.6 Å². The van der Waals surface area contributed by atoms with E-state index < -0.39 is 7.82 Å². The number of anilines is 1. The van der Waals surface area contributed by atoms with Gasteiger partial charge in [-0.15, -0.1) is 0 Å². The predicted molar refractivity (Wildman–Crippen MR) is 79.8 cm³/mol. The van der Waals surface area contributed by atoms with Crippen molar-refractivity contribution in [1.82, 2.24) is 0 Å². The third kappa shape index (κ3) is 4.01. The third-order valence-corrected chi connectivity index (χ3v) is 3.32. The minimum absolute atomic E-state index is 0.0298. The standard InChI is InChI=1S/C14H12NO7P/c16-14-8-20-13-7-11(5-6-12(13)15-14)21-9-1-3-10(4-2-9)22-23(17,18)19/h1-7H,8H2,(H,15,16)(H2,17,18,19). The van der Waals surface area contributed by atoms with Crippen molar-refractivity contribution in [2.24, 2.45) is 0 Å². The lowest BCUT2D eigenvalue weighted by atomic mass is 10.2. The summed E-state index contributed by atoms with van der Waals surface area (Å²) in [6, 6.07) is 10.7. The molecule has 0 saturated heterocycles. The molecule has 9 heteroatoms. The lowest BCUT2D eigenvalue weighted by Crippen LogP contribution is -2.25. The zero-order valence-electron chi connectivity index (χ0n) is 11.6. The SMILES string of the molecule is O=C1COc2cc(Oc3ccc(OP(=O)(O)O)cc3)ccc2N1. The van der Waals surface area contributed by atoms with Crippen LogP contribution in [0.4, 0.5) is 5.69 Å². The molecule has 0 saturated carbocycles. The van der Waals surface area contributed by atoms with Gasteiger partial charge in [0.2, 0.25) is 0 Å². The Morgan fingerprint density at radius 2 is 1.70 bits per heavy atom. The van der Waals surface area contributed by atoms with Gasteiger partial charge in [0.05, 0.1) is 5.69 Å². The van der Waals surface area contributed by atoms with Gasteiger partial charge in [0.25, 0.3) is 5.91 Å². The van der Waals surface area contributed by atoms with E-state index in [4.69, 9.17) is 19.3 Å². The molecule has 0 radical (unpaired) electrons. The van der Waals surface area contributed by atoms with E-state index in [1.165, 1.54) is 24.3 Å². The molecule has 1 amide bonds. The van der Waals surface area contributed by atoms with E-state index in [1.807, 2.05) is 0 Å². The Balaban J connectivity index is 1.72. The number of hydrogen-bond acceptors (Lipinski definition) is 5. The Hall–Kier alpha value is -2.54. The fraction of sp³-hybridized carbons (Fsp3) is 0.0714. The summed E-state index contributed by atoms with van der Waals surface area (Å²) in [4.78, 5) is 28.6. The van der Waals surface area contributed by atoms with Gasteiger partial charge < -0.3 is 19.3 Å². The third-order valence-electron chi connectivity index (χ3n) is 2.87. The van der Waals surface area contributed by atoms with Crippen LogP contribution in [0.15, 0.2) is 42.5 Å². The van der Waals surface area contributed by atoms with Crippen LogP contribution < -0.4 is 19.3 Å². The van der Waals surface area contributed by atoms with E-state index in [9.17, 15) is 9.36 Å². The number of benzene rings is 2. The van der Waals surface area contributed by atoms with Gasteiger partial charge in [-0.2, -0.15) is 0 Å². The number of amides is 1. The molecule has 0 spiro atoms. The van der Waals surface area contributed by atoms with Crippen LogP contribution in [0, 0.1) is 0 Å². The molecule has 2 aromatic carbocycles. The van der Waals surface area contributed by atoms with Crippen molar-refractivity contribution in [3.05, 3.63) is 42.5 Å². The van der Waals surface area contributed by atoms with Crippen molar-refractivity contribution < 1.29 is 33.1 Å². The summed E-state index contributed by atoms with van der Waals surface area (Å²) in [6.45, 7) is -0.0507. The number of carbonyl (C=O) groups is 1. The van der Waals surface area contributed by atoms with E-state index in [1.54, 1.807) is 18.2 Å². The first-order valence-corrected chi connectivity index (χ1v) is 8.02. The highest BCUT2D eigenvalue weighted by Gasteiger charge is 2.17. The zero-order valence-corrected chi connectivity index (χ0v) is 12.5. The first-order valence-electron chi connectivity index (χ1n) is 6.49. The first kappa shape index (κ1) is 15.4. The summed E-state index contributed by atoms with van der Waals surface area (Å²) in [5.74, 6) is 1.25. The van der Waals surface area contributed by atoms with Gasteiger partial charge in [-0.25, -0.2) is 4.57 Å². The van der Waals surface area contributed by atoms with E-state index in [0.29, 0.717) is 22.9 Å². The average molecular weight is 337 g/mol. The number of carbonyl (C=O) groups excluding carboxylic acids is 1. The minimum Gasteiger partial charge on any atom is -0.481 e. The molecular formula is C14H12NO7P. The van der Waals surface area contributed by atoms with Crippen LogP contribution in [0.2, 0.25) is 0 Å². The molecule has 8 nitrogen and oxygen atoms in total. The minimum atomic E-state index is -4.58. The van der Waals surface area contributed by atoms with Gasteiger partial charge in [0.15, 0.2) is 6.61 Å². The topological polar surface area (TPSA) is 114 Å². The van der Waals surface area contributed by atoms with Crippen molar-refractivity contribution in [3.63, 3.8) is 0 Å². The second-order valence-corrected chi connectivity index (χ2v) is 5.81. The molecule has 23 heavy (non-hydrogen) atoms. The molecule has 2 aromatic rings. The van der Waals surface area contributed by atoms with Crippen molar-refractivity contribution in [2.45, 2.75) is 0 Å². The van der Waals surface area contributed by atoms with Crippen molar-refractivity contribution in [1.29, 1.82) is 0 Å². The molecule has 0 unspecified atom stereocenters. The Morgan fingerprint density at radius 3 is 2.39 bits per heavy atom. The molecule has 0 fully saturated rings. The second kappa shape index (κ2) is 5.92. The Kier molecular flexibility index (Phi) is 3.96. The maximum atomic E-state index is 11.2. The number of hydrogen-bond donors (Lipinski definition) is 3. The molecular weight excluding hydrogens is 325 g/mol. The predicted octanol–water partition coefficient (Wildman–Crippen LogP) is 2.28. The van der Waals surface area contributed by atoms with E-state index in [0.717, 1.165) is 0 Å². The second-order valence-electron chi connectivity index (χ2n) is 4.65. The Labute approximate surface area is 130 Å². The van der Waals surface area contributed by atoms with Crippen LogP contribution in [-0.2, 0) is 9.36 Å². The van der Waals surface area contributed by atoms with Crippen LogP contribution in [0.3, 0.4) is 0 Å². The van der Waals surface area contributed by atoms with Gasteiger partial charge >= 0.3 is 7.82 Å². The quantitative estimate of drug-likeness (QED) is 0.733. The highest BCUT2D eigenvalue weighted by molar-refractivity contribution is 7.46. The normalized spacial score (nSPS) is 13.6. The van der Waals surface area contributed by atoms with Crippen molar-refractivity contribution in [2.75, 3.05) is 11.9 Å². The molecule has 1 heterocycles. The molecule has 0 bridgehead atoms. The Morgan fingerprint density at radius 1 is 1.04 bits per heavy atom. The van der Waals surface area contributed by atoms with Gasteiger partial charge in [0, 0.05) is 6.07 Å². The lowest BCUT2D eigenvalue weighted by Gasteiger charge is -2.18. The first-order chi connectivity index (χ1) is 10.9. The molecule has 3 rings (SSSR count). The molecule has 1 aliphatic rings. The van der Waals surface area contributed by atoms with E-state index in [2.05, 4.69) is 9.84 Å². The molecule has 0 aliphatic carbocycles. The fourth-order valence-electron chi connectivity index (χ4n) is 1.96. The van der Waals surface area contributed by atoms with Gasteiger partial charge in [-0.05, 0) is 36.4 Å². The van der Waals surface area contributed by atoms with Crippen LogP contribution in [0.25, 0.3) is 0 Å². The number of ether oxygens (including phenoxy) is 2. The zero-order chi connectivity index (χ0) is 16.4. The monoisotopic (exact) mass is 337 g/mol. The maximum Gasteiger partial charge on any atom is 0.524 e. The summed E-state index contributed by atoms with van der Waals surface area (Å²) in [7, 11) is -4.58. The fourth-order valence-corrected chi connectivity index (χ4v) is 2.36. The van der Waals surface area contributed by atoms with Crippen LogP contribution in [-0.4, -0.2) is 22.3 Å². The van der Waals surface area contributed by atoms with Crippen molar-refractivity contribution >= 4 is 19.4 Å². The van der Waals surface area contributed by atoms with E-state index in [-0.39, 0.29) is 18.3 Å². The maximum absolute atomic E-state index is 11.2. The molecule has 3 N–H and O–H groups in total. The number of rotatable bonds is 4. The molecule has 0 aromatic heterocycles. The van der Waals surface area contributed by atoms with Crippen LogP contribution in [0.1, 0.15) is 0 Å². The Bertz CT molecular complexity index is 784. The average Bonchev–Trinajstić information content (AvgIpc) is 2.48. The summed E-state index contributed by atoms with van der Waals surface area (Å²) < 4.78 is 26.1. The summed E-state index contributed by atoms with van der Waals surface area (Å²) >= 11 is 0. The largest absolute Gasteiger partial charge is 0.524 e. The molecule has 0 atom stereocenters. The number of phosphoric acid groups is 1. The van der Waals surface area contributed by atoms with Gasteiger partial charge in [0.1, 0.15) is 23.0 Å². The molecule has 1 aliphatic heterocycles. The highest BCUT2D eigenvalue weighted by Crippen LogP contribution is 2.38. The summed E-state index contributed by atoms with van der Waals surface area (Å²) in [5, 5.41) is 2.67. The van der Waals surface area contributed by atoms with Gasteiger partial charge in [-0.1, -0.05) is 0 Å². The lowest BCUT2D eigenvalue weighted by molar-refractivity contribution is -0.118. The van der Waals surface area contributed by atoms with Crippen molar-refractivity contribution in [3.8, 4) is 23.0 Å². The summed E-state index contributed by atoms with van der Waals surface area (Å²) in [5.41, 5.74) is 0.569.